The van der Waals surface area contributed by atoms with E-state index >= 15 is 0 Å². The van der Waals surface area contributed by atoms with Crippen LogP contribution in [-0.4, -0.2) is 21.7 Å². The highest BCUT2D eigenvalue weighted by atomic mass is 19.1. The third kappa shape index (κ3) is 5.98. The lowest BCUT2D eigenvalue weighted by Crippen LogP contribution is -2.35. The van der Waals surface area contributed by atoms with Crippen molar-refractivity contribution in [3.05, 3.63) is 124 Å². The highest BCUT2D eigenvalue weighted by molar-refractivity contribution is 5.97. The summed E-state index contributed by atoms with van der Waals surface area (Å²) in [4.78, 5) is 35.5. The first-order valence-corrected chi connectivity index (χ1v) is 12.0. The minimum absolute atomic E-state index is 0.0148. The molecule has 0 saturated heterocycles. The Balaban J connectivity index is 1.78. The van der Waals surface area contributed by atoms with Gasteiger partial charge in [-0.15, -0.1) is 0 Å². The molecule has 1 amide bonds. The fraction of sp³-hybridized carbons (Fsp3) is 0.133. The zero-order valence-electron chi connectivity index (χ0n) is 21.0. The summed E-state index contributed by atoms with van der Waals surface area (Å²) >= 11 is 0. The standard InChI is InChI=1S/C30H26F2N4O2/c1-4-5-14-33-19(2)18-36-28-23(15-24(17-34-28)22-8-12-26(32)13-9-22)16-27(30(36)38)29(37)35-20(3)21-6-10-25(31)11-7-21/h4-17,20H,2,18H2,1,3H3,(H,35,37)/b5-4-,33-14?. The van der Waals surface area contributed by atoms with Crippen LogP contribution in [0.2, 0.25) is 0 Å². The molecule has 0 aliphatic rings. The maximum atomic E-state index is 13.5. The number of carbonyl (C=O) groups is 1. The first-order valence-electron chi connectivity index (χ1n) is 12.0. The Hall–Kier alpha value is -4.72. The van der Waals surface area contributed by atoms with Gasteiger partial charge in [0, 0.05) is 23.4 Å². The largest absolute Gasteiger partial charge is 0.345 e. The highest BCUT2D eigenvalue weighted by Gasteiger charge is 2.19. The minimum Gasteiger partial charge on any atom is -0.345 e. The van der Waals surface area contributed by atoms with Crippen molar-refractivity contribution < 1.29 is 13.6 Å². The van der Waals surface area contributed by atoms with Crippen molar-refractivity contribution in [3.8, 4) is 11.1 Å². The van der Waals surface area contributed by atoms with Crippen molar-refractivity contribution in [2.75, 3.05) is 0 Å². The quantitative estimate of drug-likeness (QED) is 0.295. The van der Waals surface area contributed by atoms with E-state index in [1.165, 1.54) is 34.9 Å². The summed E-state index contributed by atoms with van der Waals surface area (Å²) in [6, 6.07) is 14.5. The Bertz CT molecular complexity index is 1600. The van der Waals surface area contributed by atoms with Crippen molar-refractivity contribution in [1.82, 2.24) is 14.9 Å². The van der Waals surface area contributed by atoms with E-state index in [1.807, 2.05) is 13.0 Å². The lowest BCUT2D eigenvalue weighted by molar-refractivity contribution is 0.0938. The van der Waals surface area contributed by atoms with Crippen molar-refractivity contribution in [1.29, 1.82) is 0 Å². The van der Waals surface area contributed by atoms with Crippen LogP contribution < -0.4 is 10.9 Å². The van der Waals surface area contributed by atoms with Crippen LogP contribution in [0.4, 0.5) is 8.78 Å². The zero-order valence-corrected chi connectivity index (χ0v) is 21.0. The van der Waals surface area contributed by atoms with Crippen molar-refractivity contribution in [2.45, 2.75) is 26.4 Å². The Morgan fingerprint density at radius 1 is 1.08 bits per heavy atom. The van der Waals surface area contributed by atoms with E-state index in [9.17, 15) is 18.4 Å². The van der Waals surface area contributed by atoms with E-state index in [0.717, 1.165) is 5.56 Å². The van der Waals surface area contributed by atoms with E-state index in [4.69, 9.17) is 0 Å². The lowest BCUT2D eigenvalue weighted by Gasteiger charge is -2.16. The van der Waals surface area contributed by atoms with Gasteiger partial charge in [-0.2, -0.15) is 0 Å². The number of aromatic nitrogens is 2. The molecule has 1 atom stereocenters. The molecule has 2 heterocycles. The maximum Gasteiger partial charge on any atom is 0.265 e. The lowest BCUT2D eigenvalue weighted by atomic mass is 10.0. The summed E-state index contributed by atoms with van der Waals surface area (Å²) in [7, 11) is 0. The highest BCUT2D eigenvalue weighted by Crippen LogP contribution is 2.24. The summed E-state index contributed by atoms with van der Waals surface area (Å²) in [6.07, 6.45) is 6.70. The molecule has 0 spiro atoms. The van der Waals surface area contributed by atoms with Gasteiger partial charge in [-0.3, -0.25) is 19.1 Å². The second-order valence-electron chi connectivity index (χ2n) is 8.71. The number of pyridine rings is 2. The van der Waals surface area contributed by atoms with Gasteiger partial charge in [0.05, 0.1) is 18.3 Å². The monoisotopic (exact) mass is 512 g/mol. The molecule has 2 aromatic heterocycles. The molecule has 2 aromatic carbocycles. The third-order valence-corrected chi connectivity index (χ3v) is 5.94. The number of benzene rings is 2. The van der Waals surface area contributed by atoms with Gasteiger partial charge < -0.3 is 5.32 Å². The van der Waals surface area contributed by atoms with Crippen molar-refractivity contribution in [3.63, 3.8) is 0 Å². The van der Waals surface area contributed by atoms with Crippen LogP contribution in [-0.2, 0) is 6.54 Å². The molecular formula is C30H26F2N4O2. The number of carbonyl (C=O) groups excluding carboxylic acids is 1. The van der Waals surface area contributed by atoms with Crippen molar-refractivity contribution >= 4 is 23.2 Å². The molecule has 38 heavy (non-hydrogen) atoms. The van der Waals surface area contributed by atoms with Crippen LogP contribution in [0.25, 0.3) is 22.2 Å². The van der Waals surface area contributed by atoms with Crippen LogP contribution in [0.5, 0.6) is 0 Å². The van der Waals surface area contributed by atoms with Gasteiger partial charge in [0.15, 0.2) is 0 Å². The molecule has 6 nitrogen and oxygen atoms in total. The van der Waals surface area contributed by atoms with E-state index in [2.05, 4.69) is 21.9 Å². The predicted molar refractivity (Wildman–Crippen MR) is 146 cm³/mol. The van der Waals surface area contributed by atoms with E-state index in [1.54, 1.807) is 55.7 Å². The normalized spacial score (nSPS) is 12.3. The van der Waals surface area contributed by atoms with Gasteiger partial charge in [-0.1, -0.05) is 36.9 Å². The fourth-order valence-electron chi connectivity index (χ4n) is 3.94. The number of rotatable bonds is 8. The van der Waals surface area contributed by atoms with Gasteiger partial charge >= 0.3 is 0 Å². The summed E-state index contributed by atoms with van der Waals surface area (Å²) < 4.78 is 28.1. The van der Waals surface area contributed by atoms with Crippen LogP contribution in [0, 0.1) is 11.6 Å². The Morgan fingerprint density at radius 2 is 1.74 bits per heavy atom. The zero-order chi connectivity index (χ0) is 27.2. The number of halogens is 2. The molecule has 192 valence electrons. The number of nitrogens with zero attached hydrogens (tertiary/aromatic N) is 3. The number of allylic oxidation sites excluding steroid dienone is 3. The topological polar surface area (TPSA) is 76.3 Å². The van der Waals surface area contributed by atoms with Crippen LogP contribution in [0.1, 0.15) is 35.8 Å². The molecule has 0 saturated carbocycles. The molecule has 0 aliphatic heterocycles. The van der Waals surface area contributed by atoms with Gasteiger partial charge in [0.2, 0.25) is 0 Å². The molecule has 0 aliphatic carbocycles. The molecule has 0 bridgehead atoms. The summed E-state index contributed by atoms with van der Waals surface area (Å²) in [5.41, 5.74) is 2.22. The molecular weight excluding hydrogens is 486 g/mol. The number of amides is 1. The smallest absolute Gasteiger partial charge is 0.265 e. The molecule has 1 unspecified atom stereocenters. The van der Waals surface area contributed by atoms with E-state index < -0.39 is 17.5 Å². The average Bonchev–Trinajstić information content (AvgIpc) is 2.90. The fourth-order valence-corrected chi connectivity index (χ4v) is 3.94. The Morgan fingerprint density at radius 3 is 2.39 bits per heavy atom. The van der Waals surface area contributed by atoms with Crippen LogP contribution in [0.15, 0.2) is 101 Å². The first-order chi connectivity index (χ1) is 18.3. The number of nitrogens with one attached hydrogen (secondary N) is 1. The number of hydrogen-bond donors (Lipinski definition) is 1. The number of hydrogen-bond acceptors (Lipinski definition) is 4. The first kappa shape index (κ1) is 26.3. The second-order valence-corrected chi connectivity index (χ2v) is 8.71. The molecule has 0 fully saturated rings. The Labute approximate surface area is 218 Å². The third-order valence-electron chi connectivity index (χ3n) is 5.94. The van der Waals surface area contributed by atoms with Gasteiger partial charge in [-0.05, 0) is 67.4 Å². The predicted octanol–water partition coefficient (Wildman–Crippen LogP) is 5.99. The maximum absolute atomic E-state index is 13.5. The molecule has 8 heteroatoms. The van der Waals surface area contributed by atoms with Crippen molar-refractivity contribution in [2.24, 2.45) is 4.99 Å². The Kier molecular flexibility index (Phi) is 8.01. The SMILES string of the molecule is C=C(Cn1c(=O)c(C(=O)NC(C)c2ccc(F)cc2)cc2cc(-c3ccc(F)cc3)cnc21)N=C/C=C\C. The summed E-state index contributed by atoms with van der Waals surface area (Å²) in [6.45, 7) is 7.54. The van der Waals surface area contributed by atoms with Crippen LogP contribution >= 0.6 is 0 Å². The number of fused-ring (bicyclic) bond motifs is 1. The summed E-state index contributed by atoms with van der Waals surface area (Å²) in [5.74, 6) is -1.33. The number of aliphatic imine (C=N–C) groups is 1. The van der Waals surface area contributed by atoms with Gasteiger partial charge in [0.1, 0.15) is 22.8 Å². The van der Waals surface area contributed by atoms with Gasteiger partial charge in [0.25, 0.3) is 11.5 Å². The second kappa shape index (κ2) is 11.6. The average molecular weight is 513 g/mol. The minimum atomic E-state index is -0.585. The summed E-state index contributed by atoms with van der Waals surface area (Å²) in [5, 5.41) is 3.35. The molecule has 0 radical (unpaired) electrons. The molecule has 4 aromatic rings. The van der Waals surface area contributed by atoms with E-state index in [0.29, 0.717) is 27.9 Å². The van der Waals surface area contributed by atoms with Gasteiger partial charge in [-0.25, -0.2) is 13.8 Å². The van der Waals surface area contributed by atoms with Crippen LogP contribution in [0.3, 0.4) is 0 Å². The van der Waals surface area contributed by atoms with E-state index in [-0.39, 0.29) is 23.7 Å². The molecule has 1 N–H and O–H groups in total. The molecule has 4 rings (SSSR count).